The molecular formula is C17H21N5O. The Morgan fingerprint density at radius 3 is 3.17 bits per heavy atom. The van der Waals surface area contributed by atoms with Crippen LogP contribution in [0.25, 0.3) is 5.65 Å². The molecule has 0 radical (unpaired) electrons. The van der Waals surface area contributed by atoms with Gasteiger partial charge in [-0.2, -0.15) is 0 Å². The lowest BCUT2D eigenvalue weighted by atomic mass is 10.0. The number of hydrogen-bond acceptors (Lipinski definition) is 4. The smallest absolute Gasteiger partial charge is 0.223 e. The van der Waals surface area contributed by atoms with Crippen molar-refractivity contribution >= 4 is 17.4 Å². The monoisotopic (exact) mass is 311 g/mol. The highest BCUT2D eigenvalue weighted by atomic mass is 16.2. The lowest BCUT2D eigenvalue weighted by Crippen LogP contribution is -2.32. The van der Waals surface area contributed by atoms with Crippen molar-refractivity contribution in [1.82, 2.24) is 19.5 Å². The molecule has 4 rings (SSSR count). The first kappa shape index (κ1) is 14.2. The van der Waals surface area contributed by atoms with E-state index in [1.165, 1.54) is 0 Å². The molecule has 0 aromatic carbocycles. The lowest BCUT2D eigenvalue weighted by molar-refractivity contribution is -0.130. The number of carbonyl (C=O) groups excluding carboxylic acids is 1. The molecule has 1 aliphatic carbocycles. The summed E-state index contributed by atoms with van der Waals surface area (Å²) in [5, 5.41) is 7.92. The zero-order valence-electron chi connectivity index (χ0n) is 13.1. The summed E-state index contributed by atoms with van der Waals surface area (Å²) in [6.07, 6.45) is 11.8. The van der Waals surface area contributed by atoms with Crippen LogP contribution in [-0.4, -0.2) is 44.5 Å². The molecule has 2 unspecified atom stereocenters. The Morgan fingerprint density at radius 2 is 2.30 bits per heavy atom. The largest absolute Gasteiger partial charge is 0.364 e. The second-order valence-electron chi connectivity index (χ2n) is 6.39. The van der Waals surface area contributed by atoms with Crippen LogP contribution in [0.4, 0.5) is 5.82 Å². The molecule has 23 heavy (non-hydrogen) atoms. The maximum Gasteiger partial charge on any atom is 0.223 e. The molecule has 1 amide bonds. The fraction of sp³-hybridized carbons (Fsp3) is 0.471. The minimum atomic E-state index is 0.270. The van der Waals surface area contributed by atoms with E-state index in [1.54, 1.807) is 10.7 Å². The van der Waals surface area contributed by atoms with Gasteiger partial charge in [-0.1, -0.05) is 12.2 Å². The predicted molar refractivity (Wildman–Crippen MR) is 88.1 cm³/mol. The highest BCUT2D eigenvalue weighted by Gasteiger charge is 2.27. The van der Waals surface area contributed by atoms with Crippen LogP contribution >= 0.6 is 0 Å². The second kappa shape index (κ2) is 6.02. The van der Waals surface area contributed by atoms with Gasteiger partial charge in [0.25, 0.3) is 0 Å². The van der Waals surface area contributed by atoms with Crippen molar-refractivity contribution < 1.29 is 4.79 Å². The molecule has 1 aliphatic heterocycles. The van der Waals surface area contributed by atoms with E-state index in [0.717, 1.165) is 43.8 Å². The van der Waals surface area contributed by atoms with Crippen molar-refractivity contribution in [2.75, 3.05) is 18.4 Å². The number of allylic oxidation sites excluding steroid dienone is 2. The van der Waals surface area contributed by atoms with Crippen molar-refractivity contribution in [3.05, 3.63) is 36.7 Å². The molecular weight excluding hydrogens is 290 g/mol. The topological polar surface area (TPSA) is 62.5 Å². The number of hydrogen-bond donors (Lipinski definition) is 1. The van der Waals surface area contributed by atoms with Crippen LogP contribution < -0.4 is 5.32 Å². The molecule has 6 nitrogen and oxygen atoms in total. The summed E-state index contributed by atoms with van der Waals surface area (Å²) in [4.78, 5) is 18.6. The van der Waals surface area contributed by atoms with E-state index in [-0.39, 0.29) is 11.9 Å². The Morgan fingerprint density at radius 1 is 1.35 bits per heavy atom. The third-order valence-electron chi connectivity index (χ3n) is 4.70. The van der Waals surface area contributed by atoms with Gasteiger partial charge in [-0.25, -0.2) is 9.50 Å². The van der Waals surface area contributed by atoms with E-state index in [0.29, 0.717) is 12.3 Å². The molecule has 2 aromatic heterocycles. The number of aromatic nitrogens is 3. The number of rotatable bonds is 4. The standard InChI is InChI=1S/C17H21N5O/c23-17(11-13-3-1-2-4-13)21-9-7-14(12-21)19-15-5-6-16-18-8-10-22(16)20-15/h1,3,5-6,8,10,13-14H,2,4,7,9,11-12H2,(H,19,20). The minimum Gasteiger partial charge on any atom is -0.364 e. The molecule has 2 aromatic rings. The van der Waals surface area contributed by atoms with E-state index in [1.807, 2.05) is 23.2 Å². The number of nitrogens with one attached hydrogen (secondary N) is 1. The molecule has 1 saturated heterocycles. The van der Waals surface area contributed by atoms with Crippen molar-refractivity contribution in [3.63, 3.8) is 0 Å². The number of amides is 1. The summed E-state index contributed by atoms with van der Waals surface area (Å²) in [5.41, 5.74) is 0.836. The van der Waals surface area contributed by atoms with Crippen LogP contribution in [0.3, 0.4) is 0 Å². The van der Waals surface area contributed by atoms with Gasteiger partial charge < -0.3 is 10.2 Å². The molecule has 0 saturated carbocycles. The number of fused-ring (bicyclic) bond motifs is 1. The van der Waals surface area contributed by atoms with Crippen molar-refractivity contribution in [2.45, 2.75) is 31.7 Å². The van der Waals surface area contributed by atoms with E-state index in [4.69, 9.17) is 0 Å². The maximum atomic E-state index is 12.4. The first-order valence-electron chi connectivity index (χ1n) is 8.29. The van der Waals surface area contributed by atoms with Crippen molar-refractivity contribution in [3.8, 4) is 0 Å². The highest BCUT2D eigenvalue weighted by molar-refractivity contribution is 5.77. The van der Waals surface area contributed by atoms with Gasteiger partial charge in [0, 0.05) is 37.9 Å². The normalized spacial score (nSPS) is 23.7. The Labute approximate surface area is 135 Å². The quantitative estimate of drug-likeness (QED) is 0.878. The van der Waals surface area contributed by atoms with Crippen LogP contribution in [0.1, 0.15) is 25.7 Å². The fourth-order valence-corrected chi connectivity index (χ4v) is 3.42. The number of carbonyl (C=O) groups is 1. The third-order valence-corrected chi connectivity index (χ3v) is 4.70. The maximum absolute atomic E-state index is 12.4. The van der Waals surface area contributed by atoms with E-state index in [9.17, 15) is 4.79 Å². The van der Waals surface area contributed by atoms with Crippen LogP contribution in [0.15, 0.2) is 36.7 Å². The number of anilines is 1. The van der Waals surface area contributed by atoms with Crippen molar-refractivity contribution in [2.24, 2.45) is 5.92 Å². The highest BCUT2D eigenvalue weighted by Crippen LogP contribution is 2.23. The minimum absolute atomic E-state index is 0.270. The molecule has 2 aliphatic rings. The van der Waals surface area contributed by atoms with Gasteiger partial charge in [-0.05, 0) is 37.3 Å². The predicted octanol–water partition coefficient (Wildman–Crippen LogP) is 2.10. The molecule has 1 fully saturated rings. The lowest BCUT2D eigenvalue weighted by Gasteiger charge is -2.19. The molecule has 2 atom stereocenters. The SMILES string of the molecule is O=C(CC1C=CCC1)N1CCC(Nc2ccc3nccn3n2)C1. The third kappa shape index (κ3) is 3.06. The number of imidazole rings is 1. The first-order valence-corrected chi connectivity index (χ1v) is 8.29. The first-order chi connectivity index (χ1) is 11.3. The van der Waals surface area contributed by atoms with E-state index < -0.39 is 0 Å². The van der Waals surface area contributed by atoms with Crippen LogP contribution in [0, 0.1) is 5.92 Å². The van der Waals surface area contributed by atoms with Gasteiger partial charge in [-0.3, -0.25) is 4.79 Å². The summed E-state index contributed by atoms with van der Waals surface area (Å²) < 4.78 is 1.76. The zero-order valence-corrected chi connectivity index (χ0v) is 13.1. The molecule has 0 bridgehead atoms. The number of nitrogens with zero attached hydrogens (tertiary/aromatic N) is 4. The second-order valence-corrected chi connectivity index (χ2v) is 6.39. The molecule has 6 heteroatoms. The summed E-state index contributed by atoms with van der Waals surface area (Å²) in [6, 6.07) is 4.15. The van der Waals surface area contributed by atoms with Crippen LogP contribution in [0.2, 0.25) is 0 Å². The Kier molecular flexibility index (Phi) is 3.73. The summed E-state index contributed by atoms with van der Waals surface area (Å²) >= 11 is 0. The van der Waals surface area contributed by atoms with Crippen LogP contribution in [-0.2, 0) is 4.79 Å². The van der Waals surface area contributed by atoms with Gasteiger partial charge in [0.2, 0.25) is 5.91 Å². The van der Waals surface area contributed by atoms with Gasteiger partial charge in [-0.15, -0.1) is 5.10 Å². The van der Waals surface area contributed by atoms with Gasteiger partial charge in [0.1, 0.15) is 5.82 Å². The average Bonchev–Trinajstić information content (AvgIpc) is 3.27. The molecule has 1 N–H and O–H groups in total. The zero-order chi connectivity index (χ0) is 15.6. The number of likely N-dealkylation sites (tertiary alicyclic amines) is 1. The average molecular weight is 311 g/mol. The fourth-order valence-electron chi connectivity index (χ4n) is 3.42. The van der Waals surface area contributed by atoms with Gasteiger partial charge in [0.05, 0.1) is 0 Å². The van der Waals surface area contributed by atoms with Crippen molar-refractivity contribution in [1.29, 1.82) is 0 Å². The summed E-state index contributed by atoms with van der Waals surface area (Å²) in [6.45, 7) is 1.60. The molecule has 3 heterocycles. The van der Waals surface area contributed by atoms with Gasteiger partial charge >= 0.3 is 0 Å². The van der Waals surface area contributed by atoms with Gasteiger partial charge in [0.15, 0.2) is 5.65 Å². The summed E-state index contributed by atoms with van der Waals surface area (Å²) in [7, 11) is 0. The van der Waals surface area contributed by atoms with Crippen LogP contribution in [0.5, 0.6) is 0 Å². The molecule has 0 spiro atoms. The molecule has 120 valence electrons. The van der Waals surface area contributed by atoms with E-state index >= 15 is 0 Å². The Balaban J connectivity index is 1.34. The Bertz CT molecular complexity index is 737. The van der Waals surface area contributed by atoms with E-state index in [2.05, 4.69) is 27.6 Å². The summed E-state index contributed by atoms with van der Waals surface area (Å²) in [5.74, 6) is 1.55. The Hall–Kier alpha value is -2.37.